The molecule has 3 N–H and O–H groups in total. The third kappa shape index (κ3) is 7.31. The number of nitrogens with zero attached hydrogens (tertiary/aromatic N) is 1. The first kappa shape index (κ1) is 30.2. The summed E-state index contributed by atoms with van der Waals surface area (Å²) in [7, 11) is -2.47. The molecule has 0 spiro atoms. The predicted molar refractivity (Wildman–Crippen MR) is 145 cm³/mol. The summed E-state index contributed by atoms with van der Waals surface area (Å²) in [6.07, 6.45) is -4.47. The van der Waals surface area contributed by atoms with Crippen LogP contribution in [0.1, 0.15) is 19.4 Å². The minimum Gasteiger partial charge on any atom is -0.497 e. The van der Waals surface area contributed by atoms with Crippen molar-refractivity contribution >= 4 is 16.1 Å². The van der Waals surface area contributed by atoms with Gasteiger partial charge in [-0.15, -0.1) is 0 Å². The van der Waals surface area contributed by atoms with Crippen molar-refractivity contribution in [3.63, 3.8) is 0 Å². The van der Waals surface area contributed by atoms with Gasteiger partial charge in [0.25, 0.3) is 0 Å². The fraction of sp³-hybridized carbons (Fsp3) is 0.536. The molecule has 0 aromatic heterocycles. The van der Waals surface area contributed by atoms with Crippen LogP contribution < -0.4 is 10.1 Å². The quantitative estimate of drug-likeness (QED) is 0.342. The summed E-state index contributed by atoms with van der Waals surface area (Å²) in [4.78, 5) is 13.0. The van der Waals surface area contributed by atoms with E-state index in [0.29, 0.717) is 5.75 Å². The molecule has 2 fully saturated rings. The summed E-state index contributed by atoms with van der Waals surface area (Å²) in [5.74, 6) is 0.499. The fourth-order valence-electron chi connectivity index (χ4n) is 4.93. The molecule has 2 aromatic rings. The van der Waals surface area contributed by atoms with Crippen molar-refractivity contribution in [1.82, 2.24) is 9.62 Å². The molecular formula is C28H38N2O9S. The molecule has 2 saturated heterocycles. The summed E-state index contributed by atoms with van der Waals surface area (Å²) in [6, 6.07) is 14.4. The lowest BCUT2D eigenvalue weighted by Crippen LogP contribution is -2.52. The molecule has 40 heavy (non-hydrogen) atoms. The smallest absolute Gasteiger partial charge is 0.407 e. The third-order valence-corrected chi connectivity index (χ3v) is 8.81. The molecule has 12 heteroatoms. The summed E-state index contributed by atoms with van der Waals surface area (Å²) in [5, 5.41) is 24.0. The maximum atomic E-state index is 13.6. The number of benzene rings is 2. The maximum absolute atomic E-state index is 13.6. The van der Waals surface area contributed by atoms with E-state index >= 15 is 0 Å². The van der Waals surface area contributed by atoms with Gasteiger partial charge >= 0.3 is 6.09 Å². The Bertz CT molecular complexity index is 1210. The van der Waals surface area contributed by atoms with Crippen LogP contribution >= 0.6 is 0 Å². The average molecular weight is 579 g/mol. The lowest BCUT2D eigenvalue weighted by atomic mass is 10.0. The van der Waals surface area contributed by atoms with Crippen LogP contribution in [-0.4, -0.2) is 99.0 Å². The van der Waals surface area contributed by atoms with Gasteiger partial charge in [0.15, 0.2) is 6.10 Å². The first-order valence-corrected chi connectivity index (χ1v) is 14.8. The van der Waals surface area contributed by atoms with Crippen LogP contribution in [0, 0.1) is 5.92 Å². The van der Waals surface area contributed by atoms with Crippen LogP contribution in [0.25, 0.3) is 0 Å². The molecule has 1 amide bonds. The van der Waals surface area contributed by atoms with Crippen molar-refractivity contribution in [2.75, 3.05) is 33.4 Å². The van der Waals surface area contributed by atoms with Gasteiger partial charge in [0.1, 0.15) is 24.1 Å². The van der Waals surface area contributed by atoms with E-state index < -0.39 is 52.7 Å². The number of hydrogen-bond acceptors (Lipinski definition) is 9. The molecule has 2 heterocycles. The highest BCUT2D eigenvalue weighted by atomic mass is 32.2. The Hall–Kier alpha value is -2.74. The van der Waals surface area contributed by atoms with E-state index in [9.17, 15) is 23.4 Å². The molecule has 0 aliphatic carbocycles. The van der Waals surface area contributed by atoms with Gasteiger partial charge in [0.05, 0.1) is 37.4 Å². The largest absolute Gasteiger partial charge is 0.497 e. The molecule has 2 aliphatic heterocycles. The van der Waals surface area contributed by atoms with Gasteiger partial charge in [0, 0.05) is 13.1 Å². The number of carbonyl (C=O) groups is 1. The van der Waals surface area contributed by atoms with Crippen molar-refractivity contribution in [2.24, 2.45) is 5.92 Å². The zero-order valence-electron chi connectivity index (χ0n) is 22.9. The van der Waals surface area contributed by atoms with Gasteiger partial charge in [-0.1, -0.05) is 44.2 Å². The van der Waals surface area contributed by atoms with Crippen molar-refractivity contribution in [2.45, 2.75) is 61.7 Å². The number of nitrogens with one attached hydrogen (secondary N) is 1. The Morgan fingerprint density at radius 1 is 1.05 bits per heavy atom. The van der Waals surface area contributed by atoms with E-state index in [2.05, 4.69) is 5.32 Å². The van der Waals surface area contributed by atoms with E-state index in [0.717, 1.165) is 5.56 Å². The lowest BCUT2D eigenvalue weighted by Gasteiger charge is -2.31. The van der Waals surface area contributed by atoms with E-state index in [-0.39, 0.29) is 43.5 Å². The number of methoxy groups -OCH3 is 1. The predicted octanol–water partition coefficient (Wildman–Crippen LogP) is 1.57. The molecule has 2 aromatic carbocycles. The molecule has 6 atom stereocenters. The van der Waals surface area contributed by atoms with Gasteiger partial charge < -0.3 is 34.5 Å². The number of rotatable bonds is 12. The Labute approximate surface area is 235 Å². The second-order valence-electron chi connectivity index (χ2n) is 10.5. The summed E-state index contributed by atoms with van der Waals surface area (Å²) >= 11 is 0. The number of carbonyl (C=O) groups excluding carboxylic acids is 1. The summed E-state index contributed by atoms with van der Waals surface area (Å²) < 4.78 is 50.1. The molecule has 4 rings (SSSR count). The second kappa shape index (κ2) is 13.3. The van der Waals surface area contributed by atoms with Crippen molar-refractivity contribution in [3.8, 4) is 5.75 Å². The highest BCUT2D eigenvalue weighted by Gasteiger charge is 2.49. The van der Waals surface area contributed by atoms with Crippen molar-refractivity contribution in [3.05, 3.63) is 60.2 Å². The molecule has 220 valence electrons. The molecule has 2 aliphatic rings. The minimum absolute atomic E-state index is 0.0252. The lowest BCUT2D eigenvalue weighted by molar-refractivity contribution is -0.00897. The number of alkyl carbamates (subject to hydrolysis) is 1. The number of sulfonamides is 1. The number of ether oxygens (including phenoxy) is 4. The number of aliphatic hydroxyl groups excluding tert-OH is 2. The van der Waals surface area contributed by atoms with Gasteiger partial charge in [-0.25, -0.2) is 13.2 Å². The number of amides is 1. The van der Waals surface area contributed by atoms with Gasteiger partial charge in [-0.05, 0) is 42.2 Å². The highest BCUT2D eigenvalue weighted by molar-refractivity contribution is 7.89. The number of fused-ring (bicyclic) bond motifs is 1. The summed E-state index contributed by atoms with van der Waals surface area (Å²) in [5.41, 5.74) is 0.840. The molecule has 0 radical (unpaired) electrons. The minimum atomic E-state index is -3.97. The second-order valence-corrected chi connectivity index (χ2v) is 12.4. The molecule has 0 unspecified atom stereocenters. The van der Waals surface area contributed by atoms with E-state index in [4.69, 9.17) is 18.9 Å². The molecule has 0 saturated carbocycles. The first-order valence-electron chi connectivity index (χ1n) is 13.3. The molecule has 11 nitrogen and oxygen atoms in total. The number of hydrogen-bond donors (Lipinski definition) is 3. The van der Waals surface area contributed by atoms with Crippen LogP contribution in [0.4, 0.5) is 4.79 Å². The van der Waals surface area contributed by atoms with Crippen LogP contribution in [0.5, 0.6) is 5.75 Å². The van der Waals surface area contributed by atoms with Crippen molar-refractivity contribution in [1.29, 1.82) is 0 Å². The van der Waals surface area contributed by atoms with Crippen LogP contribution in [0.2, 0.25) is 0 Å². The van der Waals surface area contributed by atoms with E-state index in [1.165, 1.54) is 23.5 Å². The normalized spacial score (nSPS) is 24.1. The highest BCUT2D eigenvalue weighted by Crippen LogP contribution is 2.29. The standard InChI is InChI=1S/C28H38N2O9S/c1-18(2)14-30(40(34,35)21-11-9-20(36-3)10-12-21)15-23(31)22(13-19-7-5-4-6-8-19)29-28(33)39-25-17-38-26-24(32)16-37-27(25)26/h4-12,18,22-27,31-32H,13-17H2,1-3H3,(H,29,33)/t22-,23+,24+,25-,26+,27+/m0/s1. The van der Waals surface area contributed by atoms with Gasteiger partial charge in [-0.3, -0.25) is 0 Å². The Kier molecular flexibility index (Phi) is 10.0. The molecular weight excluding hydrogens is 540 g/mol. The Balaban J connectivity index is 1.50. The Morgan fingerprint density at radius 2 is 1.73 bits per heavy atom. The zero-order chi connectivity index (χ0) is 28.9. The summed E-state index contributed by atoms with van der Waals surface area (Å²) in [6.45, 7) is 3.86. The van der Waals surface area contributed by atoms with Crippen LogP contribution in [0.15, 0.2) is 59.5 Å². The average Bonchev–Trinajstić information content (AvgIpc) is 3.50. The molecule has 0 bridgehead atoms. The fourth-order valence-corrected chi connectivity index (χ4v) is 6.55. The maximum Gasteiger partial charge on any atom is 0.407 e. The van der Waals surface area contributed by atoms with E-state index in [1.807, 2.05) is 44.2 Å². The van der Waals surface area contributed by atoms with Crippen LogP contribution in [-0.2, 0) is 30.7 Å². The third-order valence-electron chi connectivity index (χ3n) is 6.96. The first-order chi connectivity index (χ1) is 19.1. The Morgan fingerprint density at radius 3 is 2.38 bits per heavy atom. The van der Waals surface area contributed by atoms with Gasteiger partial charge in [-0.2, -0.15) is 4.31 Å². The van der Waals surface area contributed by atoms with Gasteiger partial charge in [0.2, 0.25) is 10.0 Å². The van der Waals surface area contributed by atoms with Crippen LogP contribution in [0.3, 0.4) is 0 Å². The zero-order valence-corrected chi connectivity index (χ0v) is 23.7. The van der Waals surface area contributed by atoms with E-state index in [1.54, 1.807) is 12.1 Å². The van der Waals surface area contributed by atoms with Crippen molar-refractivity contribution < 1.29 is 42.4 Å². The number of aliphatic hydroxyl groups is 2. The topological polar surface area (TPSA) is 144 Å². The monoisotopic (exact) mass is 578 g/mol. The SMILES string of the molecule is COc1ccc(S(=O)(=O)N(CC(C)C)C[C@@H](O)[C@H](Cc2ccccc2)NC(=O)O[C@H]2CO[C@H]3[C@@H]2OC[C@H]3O)cc1.